The Kier molecular flexibility index (Phi) is 6.01. The van der Waals surface area contributed by atoms with Crippen LogP contribution in [0.2, 0.25) is 0 Å². The van der Waals surface area contributed by atoms with Crippen LogP contribution in [0.1, 0.15) is 24.1 Å². The minimum Gasteiger partial charge on any atom is -0.490 e. The molecular formula is C19H24N4O3. The third-order valence-corrected chi connectivity index (χ3v) is 4.57. The quantitative estimate of drug-likeness (QED) is 0.767. The second kappa shape index (κ2) is 8.62. The van der Waals surface area contributed by atoms with Crippen LogP contribution in [-0.2, 0) is 16.0 Å². The molecule has 1 aromatic heterocycles. The minimum absolute atomic E-state index is 0.0400. The van der Waals surface area contributed by atoms with Crippen molar-refractivity contribution < 1.29 is 14.3 Å². The number of hydrogen-bond acceptors (Lipinski definition) is 5. The van der Waals surface area contributed by atoms with E-state index in [1.165, 1.54) is 0 Å². The number of nitrogens with zero attached hydrogens (tertiary/aromatic N) is 3. The highest BCUT2D eigenvalue weighted by atomic mass is 16.5. The molecule has 2 atom stereocenters. The molecule has 1 aliphatic rings. The maximum Gasteiger partial charge on any atom is 0.227 e. The summed E-state index contributed by atoms with van der Waals surface area (Å²) < 4.78 is 11.2. The van der Waals surface area contributed by atoms with Gasteiger partial charge in [-0.2, -0.15) is 15.4 Å². The average molecular weight is 356 g/mol. The molecule has 7 heteroatoms. The van der Waals surface area contributed by atoms with Crippen molar-refractivity contribution in [3.05, 3.63) is 53.9 Å². The lowest BCUT2D eigenvalue weighted by atomic mass is 10.0. The summed E-state index contributed by atoms with van der Waals surface area (Å²) in [5.41, 5.74) is 1.76. The maximum atomic E-state index is 12.7. The molecule has 0 unspecified atom stereocenters. The van der Waals surface area contributed by atoms with Crippen LogP contribution in [0.4, 0.5) is 0 Å². The Bertz CT molecular complexity index is 745. The van der Waals surface area contributed by atoms with Crippen molar-refractivity contribution in [1.82, 2.24) is 20.3 Å². The molecule has 7 nitrogen and oxygen atoms in total. The van der Waals surface area contributed by atoms with E-state index in [1.807, 2.05) is 48.2 Å². The lowest BCUT2D eigenvalue weighted by Crippen LogP contribution is -2.31. The molecule has 0 spiro atoms. The number of nitrogens with one attached hydrogen (secondary N) is 1. The summed E-state index contributed by atoms with van der Waals surface area (Å²) in [4.78, 5) is 14.6. The van der Waals surface area contributed by atoms with Crippen LogP contribution >= 0.6 is 0 Å². The molecule has 2 aromatic rings. The number of carbonyl (C=O) groups is 1. The van der Waals surface area contributed by atoms with E-state index in [0.29, 0.717) is 26.1 Å². The number of rotatable bonds is 7. The van der Waals surface area contributed by atoms with E-state index in [-0.39, 0.29) is 17.9 Å². The molecule has 1 aliphatic heterocycles. The lowest BCUT2D eigenvalue weighted by Gasteiger charge is -2.16. The largest absolute Gasteiger partial charge is 0.490 e. The van der Waals surface area contributed by atoms with Gasteiger partial charge in [0.1, 0.15) is 12.4 Å². The predicted molar refractivity (Wildman–Crippen MR) is 97.0 cm³/mol. The number of H-pyrrole nitrogens is 1. The molecule has 1 aromatic carbocycles. The predicted octanol–water partition coefficient (Wildman–Crippen LogP) is 1.94. The standard InChI is InChI=1S/C19H24N4O3/c1-3-4-8-26-15-7-5-6-14(9-15)10-19(24)23-12-16(18(13-23)25-2)17-11-20-22-21-17/h3-7,9,11,16,18H,8,10,12-13H2,1-2H3,(H,20,21,22)/b4-3+/t16-,18+/m0/s1. The SMILES string of the molecule is C/C=C/COc1cccc(CC(=O)N2C[C@@H](OC)[C@H](c3cn[nH]n3)C2)c1. The fraction of sp³-hybridized carbons (Fsp3) is 0.421. The second-order valence-electron chi connectivity index (χ2n) is 6.28. The van der Waals surface area contributed by atoms with Crippen LogP contribution < -0.4 is 4.74 Å². The van der Waals surface area contributed by atoms with E-state index in [1.54, 1.807) is 13.3 Å². The Labute approximate surface area is 153 Å². The molecule has 1 N–H and O–H groups in total. The summed E-state index contributed by atoms with van der Waals surface area (Å²) in [6, 6.07) is 7.67. The van der Waals surface area contributed by atoms with Gasteiger partial charge in [-0.15, -0.1) is 0 Å². The van der Waals surface area contributed by atoms with E-state index in [0.717, 1.165) is 17.0 Å². The molecular weight excluding hydrogens is 332 g/mol. The molecule has 138 valence electrons. The summed E-state index contributed by atoms with van der Waals surface area (Å²) in [5, 5.41) is 10.6. The maximum absolute atomic E-state index is 12.7. The van der Waals surface area contributed by atoms with E-state index >= 15 is 0 Å². The lowest BCUT2D eigenvalue weighted by molar-refractivity contribution is -0.129. The summed E-state index contributed by atoms with van der Waals surface area (Å²) in [6.45, 7) is 3.62. The minimum atomic E-state index is -0.0699. The average Bonchev–Trinajstić information content (AvgIpc) is 3.31. The van der Waals surface area contributed by atoms with Crippen LogP contribution in [0.15, 0.2) is 42.6 Å². The van der Waals surface area contributed by atoms with Crippen molar-refractivity contribution in [1.29, 1.82) is 0 Å². The van der Waals surface area contributed by atoms with E-state index in [4.69, 9.17) is 9.47 Å². The third-order valence-electron chi connectivity index (χ3n) is 4.57. The highest BCUT2D eigenvalue weighted by Gasteiger charge is 2.37. The van der Waals surface area contributed by atoms with Crippen LogP contribution in [0, 0.1) is 0 Å². The van der Waals surface area contributed by atoms with Crippen molar-refractivity contribution in [2.45, 2.75) is 25.4 Å². The fourth-order valence-electron chi connectivity index (χ4n) is 3.16. The number of amides is 1. The van der Waals surface area contributed by atoms with Gasteiger partial charge in [-0.1, -0.05) is 24.3 Å². The van der Waals surface area contributed by atoms with Gasteiger partial charge in [0.25, 0.3) is 0 Å². The summed E-state index contributed by atoms with van der Waals surface area (Å²) in [5.74, 6) is 0.881. The molecule has 0 radical (unpaired) electrons. The van der Waals surface area contributed by atoms with Gasteiger partial charge in [-0.3, -0.25) is 4.79 Å². The van der Waals surface area contributed by atoms with Crippen LogP contribution in [0.25, 0.3) is 0 Å². The topological polar surface area (TPSA) is 80.3 Å². The zero-order valence-corrected chi connectivity index (χ0v) is 15.1. The number of allylic oxidation sites excluding steroid dienone is 1. The molecule has 2 heterocycles. The van der Waals surface area contributed by atoms with Crippen LogP contribution in [-0.4, -0.2) is 59.1 Å². The molecule has 1 fully saturated rings. The first kappa shape index (κ1) is 18.1. The van der Waals surface area contributed by atoms with Crippen molar-refractivity contribution in [2.24, 2.45) is 0 Å². The molecule has 0 aliphatic carbocycles. The van der Waals surface area contributed by atoms with Gasteiger partial charge in [-0.05, 0) is 24.6 Å². The van der Waals surface area contributed by atoms with Gasteiger partial charge in [0.15, 0.2) is 0 Å². The molecule has 26 heavy (non-hydrogen) atoms. The Morgan fingerprint density at radius 3 is 3.04 bits per heavy atom. The Morgan fingerprint density at radius 2 is 2.31 bits per heavy atom. The Morgan fingerprint density at radius 1 is 1.42 bits per heavy atom. The smallest absolute Gasteiger partial charge is 0.227 e. The summed E-state index contributed by atoms with van der Waals surface area (Å²) >= 11 is 0. The summed E-state index contributed by atoms with van der Waals surface area (Å²) in [7, 11) is 1.66. The van der Waals surface area contributed by atoms with Crippen molar-refractivity contribution in [3.8, 4) is 5.75 Å². The number of hydrogen-bond donors (Lipinski definition) is 1. The van der Waals surface area contributed by atoms with Crippen molar-refractivity contribution >= 4 is 5.91 Å². The van der Waals surface area contributed by atoms with Gasteiger partial charge in [0, 0.05) is 20.2 Å². The zero-order valence-electron chi connectivity index (χ0n) is 15.1. The second-order valence-corrected chi connectivity index (χ2v) is 6.28. The molecule has 3 rings (SSSR count). The molecule has 1 amide bonds. The summed E-state index contributed by atoms with van der Waals surface area (Å²) in [6.07, 6.45) is 5.84. The number of methoxy groups -OCH3 is 1. The van der Waals surface area contributed by atoms with E-state index in [2.05, 4.69) is 15.4 Å². The molecule has 0 saturated carbocycles. The zero-order chi connectivity index (χ0) is 18.4. The molecule has 0 bridgehead atoms. The van der Waals surface area contributed by atoms with Crippen LogP contribution in [0.5, 0.6) is 5.75 Å². The highest BCUT2D eigenvalue weighted by Crippen LogP contribution is 2.28. The van der Waals surface area contributed by atoms with Crippen molar-refractivity contribution in [2.75, 3.05) is 26.8 Å². The number of ether oxygens (including phenoxy) is 2. The van der Waals surface area contributed by atoms with Gasteiger partial charge in [0.2, 0.25) is 5.91 Å². The monoisotopic (exact) mass is 356 g/mol. The number of likely N-dealkylation sites (tertiary alicyclic amines) is 1. The highest BCUT2D eigenvalue weighted by molar-refractivity contribution is 5.79. The Hall–Kier alpha value is -2.67. The van der Waals surface area contributed by atoms with Gasteiger partial charge in [0.05, 0.1) is 30.3 Å². The van der Waals surface area contributed by atoms with Gasteiger partial charge < -0.3 is 14.4 Å². The normalized spacial score (nSPS) is 20.0. The first-order valence-corrected chi connectivity index (χ1v) is 8.70. The molecule has 1 saturated heterocycles. The van der Waals surface area contributed by atoms with Gasteiger partial charge >= 0.3 is 0 Å². The van der Waals surface area contributed by atoms with Crippen molar-refractivity contribution in [3.63, 3.8) is 0 Å². The third kappa shape index (κ3) is 4.29. The van der Waals surface area contributed by atoms with E-state index < -0.39 is 0 Å². The number of benzene rings is 1. The first-order chi connectivity index (χ1) is 12.7. The van der Waals surface area contributed by atoms with Gasteiger partial charge in [-0.25, -0.2) is 0 Å². The fourth-order valence-corrected chi connectivity index (χ4v) is 3.16. The Balaban J connectivity index is 1.62. The van der Waals surface area contributed by atoms with Crippen LogP contribution in [0.3, 0.4) is 0 Å². The number of aromatic amines is 1. The number of aromatic nitrogens is 3. The first-order valence-electron chi connectivity index (χ1n) is 8.70. The van der Waals surface area contributed by atoms with E-state index in [9.17, 15) is 4.79 Å². The number of carbonyl (C=O) groups excluding carboxylic acids is 1.